The molecule has 0 amide bonds. The molecule has 0 aliphatic carbocycles. The van der Waals surface area contributed by atoms with Crippen molar-refractivity contribution in [2.75, 3.05) is 6.54 Å². The van der Waals surface area contributed by atoms with Crippen molar-refractivity contribution < 1.29 is 13.2 Å². The minimum Gasteiger partial charge on any atom is -0.285 e. The van der Waals surface area contributed by atoms with Gasteiger partial charge in [0.2, 0.25) is 0 Å². The number of alkyl halides is 3. The van der Waals surface area contributed by atoms with Gasteiger partial charge >= 0.3 is 6.18 Å². The molecule has 8 heteroatoms. The Morgan fingerprint density at radius 2 is 1.60 bits per heavy atom. The minimum absolute atomic E-state index is 0.352. The molecule has 1 aromatic heterocycles. The van der Waals surface area contributed by atoms with Crippen molar-refractivity contribution in [2.24, 2.45) is 0 Å². The Bertz CT molecular complexity index is 1020. The van der Waals surface area contributed by atoms with E-state index in [9.17, 15) is 13.2 Å². The fraction of sp³-hybridized carbons (Fsp3) is 0.409. The lowest BCUT2D eigenvalue weighted by Gasteiger charge is -2.36. The second-order valence-electron chi connectivity index (χ2n) is 8.63. The van der Waals surface area contributed by atoms with Gasteiger partial charge in [0.05, 0.1) is 17.1 Å². The van der Waals surface area contributed by atoms with E-state index in [1.54, 1.807) is 4.68 Å². The van der Waals surface area contributed by atoms with E-state index in [0.29, 0.717) is 12.4 Å². The first-order valence-corrected chi connectivity index (χ1v) is 9.91. The van der Waals surface area contributed by atoms with Gasteiger partial charge < -0.3 is 0 Å². The van der Waals surface area contributed by atoms with Gasteiger partial charge in [-0.2, -0.15) is 13.2 Å². The Morgan fingerprint density at radius 3 is 2.23 bits per heavy atom. The number of tetrazole rings is 1. The third-order valence-electron chi connectivity index (χ3n) is 5.45. The van der Waals surface area contributed by atoms with Crippen LogP contribution in [0.2, 0.25) is 0 Å². The van der Waals surface area contributed by atoms with E-state index in [1.807, 2.05) is 32.9 Å². The summed E-state index contributed by atoms with van der Waals surface area (Å²) >= 11 is 0. The number of hydrogen-bond acceptors (Lipinski definition) is 4. The molecule has 0 saturated carbocycles. The van der Waals surface area contributed by atoms with Gasteiger partial charge in [-0.1, -0.05) is 36.4 Å². The summed E-state index contributed by atoms with van der Waals surface area (Å²) in [5, 5.41) is 12.4. The maximum absolute atomic E-state index is 13.1. The molecule has 0 radical (unpaired) electrons. The number of nitrogens with zero attached hydrogens (tertiary/aromatic N) is 5. The van der Waals surface area contributed by atoms with Crippen LogP contribution < -0.4 is 0 Å². The Balaban J connectivity index is 1.78. The molecule has 1 atom stereocenters. The van der Waals surface area contributed by atoms with Crippen LogP contribution in [-0.4, -0.2) is 31.7 Å². The third-order valence-corrected chi connectivity index (χ3v) is 5.45. The zero-order valence-electron chi connectivity index (χ0n) is 17.2. The van der Waals surface area contributed by atoms with Gasteiger partial charge in [-0.3, -0.25) is 4.90 Å². The highest BCUT2D eigenvalue weighted by Gasteiger charge is 2.34. The number of rotatable bonds is 3. The first kappa shape index (κ1) is 20.5. The first-order valence-electron chi connectivity index (χ1n) is 9.91. The van der Waals surface area contributed by atoms with Crippen LogP contribution in [0.25, 0.3) is 0 Å². The summed E-state index contributed by atoms with van der Waals surface area (Å²) in [6.45, 7) is 7.45. The summed E-state index contributed by atoms with van der Waals surface area (Å²) in [5.41, 5.74) is 2.23. The van der Waals surface area contributed by atoms with Crippen molar-refractivity contribution in [1.82, 2.24) is 25.1 Å². The molecule has 5 nitrogen and oxygen atoms in total. The minimum atomic E-state index is -4.37. The Labute approximate surface area is 173 Å². The van der Waals surface area contributed by atoms with E-state index >= 15 is 0 Å². The number of benzene rings is 2. The summed E-state index contributed by atoms with van der Waals surface area (Å²) in [7, 11) is 0. The van der Waals surface area contributed by atoms with Crippen molar-refractivity contribution in [3.8, 4) is 0 Å². The molecule has 3 aromatic rings. The summed E-state index contributed by atoms with van der Waals surface area (Å²) in [5.74, 6) is 0.627. The average Bonchev–Trinajstić information content (AvgIpc) is 3.18. The molecule has 30 heavy (non-hydrogen) atoms. The van der Waals surface area contributed by atoms with Crippen LogP contribution in [0.1, 0.15) is 54.9 Å². The predicted octanol–water partition coefficient (Wildman–Crippen LogP) is 4.59. The van der Waals surface area contributed by atoms with E-state index in [0.717, 1.165) is 30.7 Å². The summed E-state index contributed by atoms with van der Waals surface area (Å²) in [6, 6.07) is 13.2. The smallest absolute Gasteiger partial charge is 0.285 e. The van der Waals surface area contributed by atoms with Crippen molar-refractivity contribution in [2.45, 2.75) is 51.5 Å². The highest BCUT2D eigenvalue weighted by atomic mass is 19.4. The predicted molar refractivity (Wildman–Crippen MR) is 107 cm³/mol. The highest BCUT2D eigenvalue weighted by molar-refractivity contribution is 5.33. The topological polar surface area (TPSA) is 46.8 Å². The molecule has 1 aliphatic rings. The molecule has 2 heterocycles. The lowest BCUT2D eigenvalue weighted by molar-refractivity contribution is -0.137. The lowest BCUT2D eigenvalue weighted by Crippen LogP contribution is -2.38. The van der Waals surface area contributed by atoms with Crippen molar-refractivity contribution in [3.63, 3.8) is 0 Å². The molecule has 0 saturated heterocycles. The Hall–Kier alpha value is -2.74. The van der Waals surface area contributed by atoms with E-state index in [-0.39, 0.29) is 11.6 Å². The van der Waals surface area contributed by atoms with Crippen LogP contribution in [0.15, 0.2) is 48.5 Å². The monoisotopic (exact) mass is 415 g/mol. The maximum atomic E-state index is 13.1. The fourth-order valence-electron chi connectivity index (χ4n) is 3.96. The molecule has 1 aliphatic heterocycles. The van der Waals surface area contributed by atoms with Crippen molar-refractivity contribution in [1.29, 1.82) is 0 Å². The van der Waals surface area contributed by atoms with Crippen LogP contribution in [-0.2, 0) is 24.7 Å². The standard InChI is InChI=1S/C22H24F3N5/c1-21(2,3)30-20(26-27-28-30)19(16-8-10-18(11-9-16)22(23,24)25)29-13-12-15-6-4-5-7-17(15)14-29/h4-11,19H,12-14H2,1-3H3. The molecular formula is C22H24F3N5. The third kappa shape index (κ3) is 3.96. The van der Waals surface area contributed by atoms with E-state index in [4.69, 9.17) is 0 Å². The first-order chi connectivity index (χ1) is 14.1. The Morgan fingerprint density at radius 1 is 0.933 bits per heavy atom. The van der Waals surface area contributed by atoms with Gasteiger partial charge in [-0.25, -0.2) is 4.68 Å². The molecule has 0 bridgehead atoms. The van der Waals surface area contributed by atoms with Gasteiger partial charge in [0.15, 0.2) is 5.82 Å². The zero-order valence-corrected chi connectivity index (χ0v) is 17.2. The average molecular weight is 415 g/mol. The maximum Gasteiger partial charge on any atom is 0.416 e. The number of hydrogen-bond donors (Lipinski definition) is 0. The molecule has 1 unspecified atom stereocenters. The molecular weight excluding hydrogens is 391 g/mol. The van der Waals surface area contributed by atoms with Gasteiger partial charge in [0.1, 0.15) is 0 Å². The largest absolute Gasteiger partial charge is 0.416 e. The molecule has 0 N–H and O–H groups in total. The molecule has 0 spiro atoms. The summed E-state index contributed by atoms with van der Waals surface area (Å²) in [4.78, 5) is 2.23. The van der Waals surface area contributed by atoms with E-state index < -0.39 is 11.7 Å². The summed E-state index contributed by atoms with van der Waals surface area (Å²) in [6.07, 6.45) is -3.50. The van der Waals surface area contributed by atoms with Crippen LogP contribution in [0.5, 0.6) is 0 Å². The van der Waals surface area contributed by atoms with Crippen LogP contribution >= 0.6 is 0 Å². The van der Waals surface area contributed by atoms with Crippen LogP contribution in [0.3, 0.4) is 0 Å². The van der Waals surface area contributed by atoms with Gasteiger partial charge in [-0.05, 0) is 66.4 Å². The highest BCUT2D eigenvalue weighted by Crippen LogP contribution is 2.35. The molecule has 158 valence electrons. The zero-order chi connectivity index (χ0) is 21.5. The second-order valence-corrected chi connectivity index (χ2v) is 8.63. The van der Waals surface area contributed by atoms with Gasteiger partial charge in [0, 0.05) is 13.1 Å². The van der Waals surface area contributed by atoms with E-state index in [2.05, 4.69) is 32.6 Å². The second kappa shape index (κ2) is 7.50. The van der Waals surface area contributed by atoms with Gasteiger partial charge in [0.25, 0.3) is 0 Å². The Kier molecular flexibility index (Phi) is 5.13. The van der Waals surface area contributed by atoms with Crippen molar-refractivity contribution >= 4 is 0 Å². The normalized spacial score (nSPS) is 16.3. The fourth-order valence-corrected chi connectivity index (χ4v) is 3.96. The van der Waals surface area contributed by atoms with E-state index in [1.165, 1.54) is 23.3 Å². The quantitative estimate of drug-likeness (QED) is 0.628. The SMILES string of the molecule is CC(C)(C)n1nnnc1C(c1ccc(C(F)(F)F)cc1)N1CCc2ccccc2C1. The molecule has 0 fully saturated rings. The summed E-state index contributed by atoms with van der Waals surface area (Å²) < 4.78 is 41.0. The number of aromatic nitrogens is 4. The molecule has 2 aromatic carbocycles. The van der Waals surface area contributed by atoms with Gasteiger partial charge in [-0.15, -0.1) is 5.10 Å². The van der Waals surface area contributed by atoms with Crippen molar-refractivity contribution in [3.05, 3.63) is 76.6 Å². The van der Waals surface area contributed by atoms with Crippen LogP contribution in [0.4, 0.5) is 13.2 Å². The number of fused-ring (bicyclic) bond motifs is 1. The van der Waals surface area contributed by atoms with Crippen LogP contribution in [0, 0.1) is 0 Å². The lowest BCUT2D eigenvalue weighted by atomic mass is 9.95. The molecule has 4 rings (SSSR count). The number of halogens is 3.